The van der Waals surface area contributed by atoms with Gasteiger partial charge in [0.25, 0.3) is 0 Å². The second-order valence-electron chi connectivity index (χ2n) is 5.54. The summed E-state index contributed by atoms with van der Waals surface area (Å²) in [5.41, 5.74) is 1.80. The van der Waals surface area contributed by atoms with Crippen LogP contribution in [0.5, 0.6) is 0 Å². The Balaban J connectivity index is 2.51. The van der Waals surface area contributed by atoms with Crippen LogP contribution >= 0.6 is 0 Å². The number of carbonyl (C=O) groups excluding carboxylic acids is 1. The normalized spacial score (nSPS) is 11.6. The number of benzene rings is 1. The van der Waals surface area contributed by atoms with E-state index >= 15 is 0 Å². The summed E-state index contributed by atoms with van der Waals surface area (Å²) < 4.78 is 24.9. The van der Waals surface area contributed by atoms with Gasteiger partial charge in [0.1, 0.15) is 0 Å². The number of sulfonamides is 1. The van der Waals surface area contributed by atoms with Gasteiger partial charge in [-0.05, 0) is 31.0 Å². The molecule has 0 aromatic heterocycles. The van der Waals surface area contributed by atoms with Crippen molar-refractivity contribution >= 4 is 21.6 Å². The van der Waals surface area contributed by atoms with Crippen molar-refractivity contribution in [3.05, 3.63) is 29.8 Å². The predicted octanol–water partition coefficient (Wildman–Crippen LogP) is 2.78. The Bertz CT molecular complexity index is 585. The van der Waals surface area contributed by atoms with Gasteiger partial charge in [-0.3, -0.25) is 4.79 Å². The topological polar surface area (TPSA) is 66.5 Å². The highest BCUT2D eigenvalue weighted by molar-refractivity contribution is 7.88. The molecule has 1 amide bonds. The van der Waals surface area contributed by atoms with Gasteiger partial charge < -0.3 is 5.32 Å². The van der Waals surface area contributed by atoms with Crippen molar-refractivity contribution < 1.29 is 13.2 Å². The van der Waals surface area contributed by atoms with Crippen LogP contribution in [0, 0.1) is 6.92 Å². The average molecular weight is 326 g/mol. The third kappa shape index (κ3) is 7.04. The summed E-state index contributed by atoms with van der Waals surface area (Å²) in [5, 5.41) is 2.80. The fourth-order valence-electron chi connectivity index (χ4n) is 2.15. The number of rotatable bonds is 9. The average Bonchev–Trinajstić information content (AvgIpc) is 2.41. The number of carbonyl (C=O) groups is 1. The summed E-state index contributed by atoms with van der Waals surface area (Å²) in [6, 6.07) is 7.53. The van der Waals surface area contributed by atoms with Gasteiger partial charge in [0.15, 0.2) is 0 Å². The number of nitrogens with one attached hydrogen (secondary N) is 1. The Morgan fingerprint density at radius 3 is 2.55 bits per heavy atom. The van der Waals surface area contributed by atoms with E-state index in [9.17, 15) is 13.2 Å². The lowest BCUT2D eigenvalue weighted by Crippen LogP contribution is -2.33. The van der Waals surface area contributed by atoms with Gasteiger partial charge in [-0.2, -0.15) is 0 Å². The third-order valence-corrected chi connectivity index (χ3v) is 4.67. The smallest absolute Gasteiger partial charge is 0.225 e. The van der Waals surface area contributed by atoms with Crippen LogP contribution in [0.3, 0.4) is 0 Å². The summed E-state index contributed by atoms with van der Waals surface area (Å²) in [6.07, 6.45) is 4.20. The number of unbranched alkanes of at least 4 members (excludes halogenated alkanes) is 2. The minimum Gasteiger partial charge on any atom is -0.326 e. The first kappa shape index (κ1) is 18.6. The highest BCUT2D eigenvalue weighted by Gasteiger charge is 2.17. The maximum atomic E-state index is 12.0. The Labute approximate surface area is 133 Å². The quantitative estimate of drug-likeness (QED) is 0.710. The zero-order chi connectivity index (χ0) is 16.6. The van der Waals surface area contributed by atoms with E-state index in [1.165, 1.54) is 10.6 Å². The molecule has 0 heterocycles. The molecular weight excluding hydrogens is 300 g/mol. The molecule has 6 heteroatoms. The summed E-state index contributed by atoms with van der Waals surface area (Å²) in [6.45, 7) is 4.72. The zero-order valence-electron chi connectivity index (χ0n) is 13.6. The number of nitrogens with zero attached hydrogens (tertiary/aromatic N) is 1. The molecule has 0 fully saturated rings. The molecule has 0 aliphatic carbocycles. The van der Waals surface area contributed by atoms with Gasteiger partial charge in [-0.25, -0.2) is 12.7 Å². The molecule has 0 saturated carbocycles. The Morgan fingerprint density at radius 1 is 1.23 bits per heavy atom. The van der Waals surface area contributed by atoms with Crippen molar-refractivity contribution in [1.82, 2.24) is 4.31 Å². The predicted molar refractivity (Wildman–Crippen MR) is 90.4 cm³/mol. The summed E-state index contributed by atoms with van der Waals surface area (Å²) in [7, 11) is -3.27. The summed E-state index contributed by atoms with van der Waals surface area (Å²) in [4.78, 5) is 12.0. The minimum absolute atomic E-state index is 0.160. The lowest BCUT2D eigenvalue weighted by molar-refractivity contribution is -0.116. The first-order chi connectivity index (χ1) is 10.3. The van der Waals surface area contributed by atoms with E-state index in [-0.39, 0.29) is 18.9 Å². The molecule has 1 aromatic carbocycles. The van der Waals surface area contributed by atoms with Crippen LogP contribution in [-0.2, 0) is 14.8 Å². The van der Waals surface area contributed by atoms with Crippen molar-refractivity contribution in [3.8, 4) is 0 Å². The third-order valence-electron chi connectivity index (χ3n) is 3.37. The van der Waals surface area contributed by atoms with Crippen LogP contribution in [0.2, 0.25) is 0 Å². The summed E-state index contributed by atoms with van der Waals surface area (Å²) in [5.74, 6) is -0.172. The Morgan fingerprint density at radius 2 is 1.95 bits per heavy atom. The highest BCUT2D eigenvalue weighted by atomic mass is 32.2. The zero-order valence-corrected chi connectivity index (χ0v) is 14.4. The Hall–Kier alpha value is -1.40. The van der Waals surface area contributed by atoms with E-state index in [0.29, 0.717) is 6.54 Å². The van der Waals surface area contributed by atoms with Crippen molar-refractivity contribution in [3.63, 3.8) is 0 Å². The van der Waals surface area contributed by atoms with E-state index in [0.717, 1.165) is 30.5 Å². The molecule has 0 bridgehead atoms. The number of hydrogen-bond acceptors (Lipinski definition) is 3. The van der Waals surface area contributed by atoms with Gasteiger partial charge in [-0.15, -0.1) is 0 Å². The van der Waals surface area contributed by atoms with Crippen LogP contribution in [0.15, 0.2) is 24.3 Å². The number of amides is 1. The lowest BCUT2D eigenvalue weighted by atomic mass is 10.2. The molecule has 1 aromatic rings. The largest absolute Gasteiger partial charge is 0.326 e. The molecule has 0 aliphatic heterocycles. The van der Waals surface area contributed by atoms with E-state index < -0.39 is 10.0 Å². The van der Waals surface area contributed by atoms with Gasteiger partial charge in [0.05, 0.1) is 6.26 Å². The summed E-state index contributed by atoms with van der Waals surface area (Å²) >= 11 is 0. The van der Waals surface area contributed by atoms with Crippen LogP contribution in [0.25, 0.3) is 0 Å². The highest BCUT2D eigenvalue weighted by Crippen LogP contribution is 2.10. The molecule has 0 saturated heterocycles. The van der Waals surface area contributed by atoms with Gasteiger partial charge in [-0.1, -0.05) is 31.9 Å². The molecule has 22 heavy (non-hydrogen) atoms. The molecule has 1 rings (SSSR count). The lowest BCUT2D eigenvalue weighted by Gasteiger charge is -2.19. The van der Waals surface area contributed by atoms with E-state index in [1.54, 1.807) is 0 Å². The van der Waals surface area contributed by atoms with Gasteiger partial charge in [0.2, 0.25) is 15.9 Å². The molecule has 0 radical (unpaired) electrons. The number of hydrogen-bond donors (Lipinski definition) is 1. The van der Waals surface area contributed by atoms with Crippen LogP contribution in [0.4, 0.5) is 5.69 Å². The SMILES string of the molecule is CCCCCN(CCC(=O)Nc1cccc(C)c1)S(C)(=O)=O. The molecule has 0 spiro atoms. The maximum Gasteiger partial charge on any atom is 0.225 e. The molecule has 0 aliphatic rings. The Kier molecular flexibility index (Phi) is 7.55. The standard InChI is InChI=1S/C16H26N2O3S/c1-4-5-6-11-18(22(3,20)21)12-10-16(19)17-15-9-7-8-14(2)13-15/h7-9,13H,4-6,10-12H2,1-3H3,(H,17,19). The van der Waals surface area contributed by atoms with Crippen molar-refractivity contribution in [2.75, 3.05) is 24.7 Å². The van der Waals surface area contributed by atoms with E-state index in [1.807, 2.05) is 31.2 Å². The fourth-order valence-corrected chi connectivity index (χ4v) is 3.04. The monoisotopic (exact) mass is 326 g/mol. The van der Waals surface area contributed by atoms with Gasteiger partial charge in [0, 0.05) is 25.2 Å². The van der Waals surface area contributed by atoms with E-state index in [2.05, 4.69) is 12.2 Å². The van der Waals surface area contributed by atoms with Gasteiger partial charge >= 0.3 is 0 Å². The molecule has 124 valence electrons. The minimum atomic E-state index is -3.27. The number of anilines is 1. The second kappa shape index (κ2) is 8.90. The molecule has 0 atom stereocenters. The molecule has 0 unspecified atom stereocenters. The van der Waals surface area contributed by atoms with Crippen molar-refractivity contribution in [1.29, 1.82) is 0 Å². The van der Waals surface area contributed by atoms with Crippen LogP contribution in [0.1, 0.15) is 38.2 Å². The fraction of sp³-hybridized carbons (Fsp3) is 0.562. The maximum absolute atomic E-state index is 12.0. The van der Waals surface area contributed by atoms with Crippen LogP contribution in [-0.4, -0.2) is 38.0 Å². The number of aryl methyl sites for hydroxylation is 1. The molecule has 5 nitrogen and oxygen atoms in total. The van der Waals surface area contributed by atoms with E-state index in [4.69, 9.17) is 0 Å². The first-order valence-corrected chi connectivity index (χ1v) is 9.49. The molecular formula is C16H26N2O3S. The first-order valence-electron chi connectivity index (χ1n) is 7.64. The second-order valence-corrected chi connectivity index (χ2v) is 7.52. The molecule has 1 N–H and O–H groups in total. The van der Waals surface area contributed by atoms with Crippen molar-refractivity contribution in [2.24, 2.45) is 0 Å². The van der Waals surface area contributed by atoms with Crippen LogP contribution < -0.4 is 5.32 Å². The van der Waals surface area contributed by atoms with Crippen molar-refractivity contribution in [2.45, 2.75) is 39.5 Å².